The van der Waals surface area contributed by atoms with E-state index in [2.05, 4.69) is 29.7 Å². The van der Waals surface area contributed by atoms with Crippen molar-refractivity contribution < 1.29 is 28.7 Å². The summed E-state index contributed by atoms with van der Waals surface area (Å²) in [5.41, 5.74) is 4.09. The fraction of sp³-hybridized carbons (Fsp3) is 0.420. The van der Waals surface area contributed by atoms with E-state index < -0.39 is 17.9 Å². The van der Waals surface area contributed by atoms with Crippen molar-refractivity contribution in [2.75, 3.05) is 57.3 Å². The number of carbonyl (C=O) groups is 5. The summed E-state index contributed by atoms with van der Waals surface area (Å²) in [5.74, 6) is 0.205. The van der Waals surface area contributed by atoms with Crippen molar-refractivity contribution in [2.45, 2.75) is 76.7 Å². The molecular weight excluding hydrogens is 830 g/mol. The number of benzene rings is 3. The third-order valence-electron chi connectivity index (χ3n) is 13.5. The first-order chi connectivity index (χ1) is 31.2. The average molecular weight is 884 g/mol. The maximum Gasteiger partial charge on any atom is 0.262 e. The molecule has 1 aliphatic carbocycles. The number of imide groups is 1. The summed E-state index contributed by atoms with van der Waals surface area (Å²) in [4.78, 5) is 85.3. The Labute approximate surface area is 378 Å². The zero-order valence-corrected chi connectivity index (χ0v) is 36.9. The van der Waals surface area contributed by atoms with E-state index in [9.17, 15) is 24.0 Å². The number of para-hydroxylation sites is 1. The highest BCUT2D eigenvalue weighted by atomic mass is 35.5. The van der Waals surface area contributed by atoms with Crippen LogP contribution in [0.5, 0.6) is 11.5 Å². The fourth-order valence-corrected chi connectivity index (χ4v) is 10.1. The van der Waals surface area contributed by atoms with Gasteiger partial charge in [-0.25, -0.2) is 9.97 Å². The first-order valence-corrected chi connectivity index (χ1v) is 23.2. The number of hydrogen-bond donors (Lipinski definition) is 1. The van der Waals surface area contributed by atoms with Crippen LogP contribution >= 0.6 is 11.6 Å². The van der Waals surface area contributed by atoms with Gasteiger partial charge in [-0.15, -0.1) is 0 Å². The SMILES string of the molecule is O=C1CCC(N2C(=O)c3ccc(N4CCN(CCCCCCCN5CCC(Cc6ncnc7[nH]cc(C(=O)c8ccc(Oc9ccccc9)cc8Cl)c67)CC5)CC4)cc3C2=O)C(=O)C1. The lowest BCUT2D eigenvalue weighted by atomic mass is 9.90. The van der Waals surface area contributed by atoms with Crippen LogP contribution in [-0.4, -0.2) is 117 Å². The van der Waals surface area contributed by atoms with Gasteiger partial charge in [-0.2, -0.15) is 0 Å². The summed E-state index contributed by atoms with van der Waals surface area (Å²) in [5, 5.41) is 1.10. The third kappa shape index (κ3) is 9.52. The maximum atomic E-state index is 13.9. The van der Waals surface area contributed by atoms with E-state index in [0.717, 1.165) is 93.3 Å². The molecule has 0 radical (unpaired) electrons. The fourth-order valence-electron chi connectivity index (χ4n) is 9.85. The molecule has 14 heteroatoms. The molecule has 2 aromatic heterocycles. The van der Waals surface area contributed by atoms with Gasteiger partial charge < -0.3 is 19.5 Å². The number of amides is 2. The molecule has 2 saturated heterocycles. The number of fused-ring (bicyclic) bond motifs is 2. The monoisotopic (exact) mass is 883 g/mol. The number of ether oxygens (including phenoxy) is 1. The lowest BCUT2D eigenvalue weighted by Crippen LogP contribution is -2.47. The smallest absolute Gasteiger partial charge is 0.262 e. The van der Waals surface area contributed by atoms with E-state index in [1.807, 2.05) is 36.4 Å². The molecule has 5 aromatic rings. The standard InChI is InChI=1S/C50H54ClN7O6/c51-42-30-37(64-36-9-5-4-6-10-36)13-15-39(42)47(61)41-31-52-48-46(41)43(53-32-54-48)27-33-17-21-55(22-18-33)19-7-2-1-3-8-20-56-23-25-57(26-24-56)34-11-14-38-40(28-34)50(63)58(49(38)62)44-16-12-35(59)29-45(44)60/h4-6,9-11,13-15,28,30-33,44H,1-3,7-8,12,16-27,29H2,(H,52,53,54). The Morgan fingerprint density at radius 2 is 1.45 bits per heavy atom. The van der Waals surface area contributed by atoms with Gasteiger partial charge in [0.25, 0.3) is 11.8 Å². The second-order valence-electron chi connectivity index (χ2n) is 17.7. The number of nitrogens with zero attached hydrogens (tertiary/aromatic N) is 6. The second kappa shape index (κ2) is 19.5. The summed E-state index contributed by atoms with van der Waals surface area (Å²) in [6, 6.07) is 19.2. The van der Waals surface area contributed by atoms with E-state index >= 15 is 0 Å². The largest absolute Gasteiger partial charge is 0.457 e. The van der Waals surface area contributed by atoms with E-state index in [-0.39, 0.29) is 36.6 Å². The number of anilines is 1. The van der Waals surface area contributed by atoms with Gasteiger partial charge in [-0.3, -0.25) is 33.8 Å². The van der Waals surface area contributed by atoms with Gasteiger partial charge in [-0.1, -0.05) is 49.1 Å². The first-order valence-electron chi connectivity index (χ1n) is 22.8. The molecule has 2 amide bonds. The quantitative estimate of drug-likeness (QED) is 0.0446. The number of aromatic amines is 1. The molecule has 0 bridgehead atoms. The van der Waals surface area contributed by atoms with Crippen LogP contribution in [0.3, 0.4) is 0 Å². The maximum absolute atomic E-state index is 13.9. The first kappa shape index (κ1) is 43.5. The number of nitrogens with one attached hydrogen (secondary N) is 1. The topological polar surface area (TPSA) is 149 Å². The molecule has 5 heterocycles. The van der Waals surface area contributed by atoms with Crippen LogP contribution in [0.25, 0.3) is 11.0 Å². The molecule has 64 heavy (non-hydrogen) atoms. The number of piperazine rings is 1. The number of likely N-dealkylation sites (tertiary alicyclic amines) is 1. The van der Waals surface area contributed by atoms with E-state index in [1.165, 1.54) is 32.1 Å². The number of Topliss-reactive ketones (excluding diaryl/α,β-unsaturated/α-hetero) is 2. The van der Waals surface area contributed by atoms with Crippen molar-refractivity contribution in [3.8, 4) is 11.5 Å². The molecule has 3 aromatic carbocycles. The summed E-state index contributed by atoms with van der Waals surface area (Å²) in [7, 11) is 0. The van der Waals surface area contributed by atoms with Gasteiger partial charge in [0.1, 0.15) is 29.3 Å². The highest BCUT2D eigenvalue weighted by Crippen LogP contribution is 2.34. The number of hydrogen-bond acceptors (Lipinski definition) is 11. The van der Waals surface area contributed by atoms with Gasteiger partial charge >= 0.3 is 0 Å². The zero-order chi connectivity index (χ0) is 44.2. The second-order valence-corrected chi connectivity index (χ2v) is 18.1. The Kier molecular flexibility index (Phi) is 13.3. The van der Waals surface area contributed by atoms with Gasteiger partial charge in [0, 0.05) is 56.1 Å². The van der Waals surface area contributed by atoms with E-state index in [4.69, 9.17) is 16.3 Å². The van der Waals surface area contributed by atoms with Crippen LogP contribution in [0.4, 0.5) is 5.69 Å². The lowest BCUT2D eigenvalue weighted by molar-refractivity contribution is -0.132. The highest BCUT2D eigenvalue weighted by molar-refractivity contribution is 6.35. The Hall–Kier alpha value is -5.76. The van der Waals surface area contributed by atoms with Crippen molar-refractivity contribution in [1.82, 2.24) is 29.7 Å². The normalized spacial score (nSPS) is 18.9. The molecule has 3 fully saturated rings. The highest BCUT2D eigenvalue weighted by Gasteiger charge is 2.44. The van der Waals surface area contributed by atoms with Crippen LogP contribution in [0.1, 0.15) is 107 Å². The van der Waals surface area contributed by atoms with Crippen molar-refractivity contribution in [2.24, 2.45) is 5.92 Å². The number of halogens is 1. The minimum Gasteiger partial charge on any atom is -0.457 e. The van der Waals surface area contributed by atoms with Crippen molar-refractivity contribution in [1.29, 1.82) is 0 Å². The Morgan fingerprint density at radius 3 is 2.19 bits per heavy atom. The van der Waals surface area contributed by atoms with Gasteiger partial charge in [0.05, 0.1) is 45.3 Å². The van der Waals surface area contributed by atoms with Gasteiger partial charge in [0.15, 0.2) is 11.6 Å². The Morgan fingerprint density at radius 1 is 0.734 bits per heavy atom. The van der Waals surface area contributed by atoms with E-state index in [1.54, 1.807) is 42.9 Å². The molecule has 1 unspecified atom stereocenters. The summed E-state index contributed by atoms with van der Waals surface area (Å²) < 4.78 is 5.92. The molecular formula is C50H54ClN7O6. The number of carbonyl (C=O) groups excluding carboxylic acids is 5. The van der Waals surface area contributed by atoms with Crippen molar-refractivity contribution >= 4 is 57.5 Å². The number of H-pyrrole nitrogens is 1. The molecule has 0 spiro atoms. The molecule has 9 rings (SSSR count). The number of ketones is 3. The molecule has 13 nitrogen and oxygen atoms in total. The van der Waals surface area contributed by atoms with Crippen LogP contribution < -0.4 is 9.64 Å². The predicted molar refractivity (Wildman–Crippen MR) is 244 cm³/mol. The van der Waals surface area contributed by atoms with E-state index in [0.29, 0.717) is 50.3 Å². The summed E-state index contributed by atoms with van der Waals surface area (Å²) in [6.45, 7) is 7.92. The minimum absolute atomic E-state index is 0.135. The molecule has 332 valence electrons. The molecule has 1 saturated carbocycles. The Balaban J connectivity index is 0.668. The van der Waals surface area contributed by atoms with Crippen molar-refractivity contribution in [3.63, 3.8) is 0 Å². The molecule has 4 aliphatic rings. The van der Waals surface area contributed by atoms with Crippen LogP contribution in [0.15, 0.2) is 79.3 Å². The summed E-state index contributed by atoms with van der Waals surface area (Å²) in [6.07, 6.45) is 12.6. The average Bonchev–Trinajstić information content (AvgIpc) is 3.85. The summed E-state index contributed by atoms with van der Waals surface area (Å²) >= 11 is 6.65. The number of aromatic nitrogens is 3. The van der Waals surface area contributed by atoms with Crippen LogP contribution in [-0.2, 0) is 16.0 Å². The predicted octanol–water partition coefficient (Wildman–Crippen LogP) is 7.95. The van der Waals surface area contributed by atoms with Crippen LogP contribution in [0, 0.1) is 5.92 Å². The van der Waals surface area contributed by atoms with Gasteiger partial charge in [0.2, 0.25) is 0 Å². The number of piperidine rings is 1. The third-order valence-corrected chi connectivity index (χ3v) is 13.8. The lowest BCUT2D eigenvalue weighted by Gasteiger charge is -2.36. The molecule has 1 N–H and O–H groups in total. The van der Waals surface area contributed by atoms with Crippen LogP contribution in [0.2, 0.25) is 5.02 Å². The van der Waals surface area contributed by atoms with Crippen molar-refractivity contribution in [3.05, 3.63) is 112 Å². The molecule has 1 atom stereocenters. The number of unbranched alkanes of at least 4 members (excludes halogenated alkanes) is 4. The number of rotatable bonds is 16. The molecule has 3 aliphatic heterocycles. The minimum atomic E-state index is -0.850. The Bertz CT molecular complexity index is 2550. The van der Waals surface area contributed by atoms with Gasteiger partial charge in [-0.05, 0) is 113 Å². The zero-order valence-electron chi connectivity index (χ0n) is 36.1.